The van der Waals surface area contributed by atoms with E-state index in [0.29, 0.717) is 13.0 Å². The number of unbranched alkanes of at least 4 members (excludes halogenated alkanes) is 11. The van der Waals surface area contributed by atoms with Gasteiger partial charge < -0.3 is 9.45 Å². The summed E-state index contributed by atoms with van der Waals surface area (Å²) in [5.74, 6) is -0.376. The fraction of sp³-hybridized carbons (Fsp3) is 0.864. The van der Waals surface area contributed by atoms with E-state index in [1.165, 1.54) is 62.7 Å². The fourth-order valence-electron chi connectivity index (χ4n) is 3.14. The normalized spacial score (nSPS) is 11.6. The third-order valence-electron chi connectivity index (χ3n) is 4.97. The van der Waals surface area contributed by atoms with E-state index in [1.54, 1.807) is 7.05 Å². The number of hydrogen-bond donors (Lipinski definition) is 0. The van der Waals surface area contributed by atoms with Crippen molar-refractivity contribution in [2.45, 2.75) is 103 Å². The van der Waals surface area contributed by atoms with Crippen LogP contribution < -0.4 is 29.6 Å². The maximum absolute atomic E-state index is 11.9. The summed E-state index contributed by atoms with van der Waals surface area (Å²) < 4.78 is 31.6. The number of carbonyl (C=O) groups excluding carboxylic acids is 1. The van der Waals surface area contributed by atoms with E-state index in [-0.39, 0.29) is 41.9 Å². The Kier molecular flexibility index (Phi) is 23.1. The third-order valence-corrected chi connectivity index (χ3v) is 5.75. The molecule has 0 bridgehead atoms. The van der Waals surface area contributed by atoms with E-state index in [4.69, 9.17) is 0 Å². The van der Waals surface area contributed by atoms with Gasteiger partial charge in [0.25, 0.3) is 0 Å². The second-order valence-corrected chi connectivity index (χ2v) is 9.29. The summed E-state index contributed by atoms with van der Waals surface area (Å²) in [5.41, 5.74) is 0. The Morgan fingerprint density at radius 3 is 1.83 bits per heavy atom. The molecule has 0 heterocycles. The van der Waals surface area contributed by atoms with Gasteiger partial charge in [0, 0.05) is 25.8 Å². The minimum Gasteiger partial charge on any atom is -0.748 e. The summed E-state index contributed by atoms with van der Waals surface area (Å²) in [7, 11) is -2.52. The predicted octanol–water partition coefficient (Wildman–Crippen LogP) is 2.42. The van der Waals surface area contributed by atoms with Gasteiger partial charge in [-0.1, -0.05) is 70.4 Å². The second-order valence-electron chi connectivity index (χ2n) is 7.76. The molecule has 0 unspecified atom stereocenters. The molecular formula is C22H42NNaO4S. The van der Waals surface area contributed by atoms with E-state index in [9.17, 15) is 17.8 Å². The molecule has 7 heteroatoms. The van der Waals surface area contributed by atoms with Crippen molar-refractivity contribution < 1.29 is 47.3 Å². The Labute approximate surface area is 202 Å². The Morgan fingerprint density at radius 1 is 0.828 bits per heavy atom. The van der Waals surface area contributed by atoms with Gasteiger partial charge in [0.1, 0.15) is 0 Å². The maximum atomic E-state index is 11.9. The molecule has 166 valence electrons. The van der Waals surface area contributed by atoms with Crippen LogP contribution in [0.4, 0.5) is 0 Å². The largest absolute Gasteiger partial charge is 1.00 e. The summed E-state index contributed by atoms with van der Waals surface area (Å²) in [5, 5.41) is 0. The van der Waals surface area contributed by atoms with Crippen molar-refractivity contribution >= 4 is 16.0 Å². The zero-order chi connectivity index (χ0) is 21.1. The zero-order valence-corrected chi connectivity index (χ0v) is 22.0. The summed E-state index contributed by atoms with van der Waals surface area (Å²) in [6.45, 7) is 2.57. The number of rotatable bonds is 19. The van der Waals surface area contributed by atoms with Crippen molar-refractivity contribution in [1.82, 2.24) is 4.90 Å². The minimum atomic E-state index is -4.18. The molecule has 5 nitrogen and oxygen atoms in total. The summed E-state index contributed by atoms with van der Waals surface area (Å²) in [4.78, 5) is 13.4. The molecule has 0 N–H and O–H groups in total. The first-order chi connectivity index (χ1) is 13.4. The molecule has 29 heavy (non-hydrogen) atoms. The molecule has 0 aliphatic rings. The molecule has 0 radical (unpaired) electrons. The summed E-state index contributed by atoms with van der Waals surface area (Å²) >= 11 is 0. The first-order valence-electron chi connectivity index (χ1n) is 11.2. The molecule has 0 aromatic heterocycles. The molecule has 0 spiro atoms. The summed E-state index contributed by atoms with van der Waals surface area (Å²) in [6.07, 6.45) is 21.3. The van der Waals surface area contributed by atoms with Crippen molar-refractivity contribution in [2.75, 3.05) is 19.3 Å². The van der Waals surface area contributed by atoms with E-state index in [1.807, 2.05) is 0 Å². The molecule has 0 atom stereocenters. The van der Waals surface area contributed by atoms with Crippen LogP contribution in [0.5, 0.6) is 0 Å². The van der Waals surface area contributed by atoms with Crippen LogP contribution >= 0.6 is 0 Å². The van der Waals surface area contributed by atoms with Crippen LogP contribution in [0, 0.1) is 0 Å². The Morgan fingerprint density at radius 2 is 1.31 bits per heavy atom. The molecule has 0 fully saturated rings. The van der Waals surface area contributed by atoms with Crippen molar-refractivity contribution in [1.29, 1.82) is 0 Å². The Hall–Kier alpha value is 0.120. The predicted molar refractivity (Wildman–Crippen MR) is 116 cm³/mol. The van der Waals surface area contributed by atoms with Gasteiger partial charge in [-0.15, -0.1) is 0 Å². The van der Waals surface area contributed by atoms with Crippen LogP contribution in [-0.4, -0.2) is 43.1 Å². The first-order valence-corrected chi connectivity index (χ1v) is 12.8. The second kappa shape index (κ2) is 21.4. The minimum absolute atomic E-state index is 0. The van der Waals surface area contributed by atoms with Gasteiger partial charge in [-0.05, 0) is 38.5 Å². The molecule has 0 aromatic carbocycles. The van der Waals surface area contributed by atoms with Crippen molar-refractivity contribution in [3.05, 3.63) is 12.2 Å². The molecule has 0 saturated carbocycles. The molecule has 0 rings (SSSR count). The topological polar surface area (TPSA) is 77.5 Å². The van der Waals surface area contributed by atoms with Crippen LogP contribution in [0.25, 0.3) is 0 Å². The van der Waals surface area contributed by atoms with Gasteiger partial charge in [-0.25, -0.2) is 8.42 Å². The summed E-state index contributed by atoms with van der Waals surface area (Å²) in [6, 6.07) is 0. The van der Waals surface area contributed by atoms with Crippen molar-refractivity contribution in [3.63, 3.8) is 0 Å². The van der Waals surface area contributed by atoms with Gasteiger partial charge in [0.2, 0.25) is 5.91 Å². The Bertz CT molecular complexity index is 509. The van der Waals surface area contributed by atoms with Crippen LogP contribution in [0.2, 0.25) is 0 Å². The van der Waals surface area contributed by atoms with Gasteiger partial charge in [0.15, 0.2) is 0 Å². The van der Waals surface area contributed by atoms with Crippen molar-refractivity contribution in [2.24, 2.45) is 0 Å². The maximum Gasteiger partial charge on any atom is 1.00 e. The number of nitrogens with zero attached hydrogens (tertiary/aromatic N) is 1. The van der Waals surface area contributed by atoms with Crippen LogP contribution in [-0.2, 0) is 14.9 Å². The monoisotopic (exact) mass is 439 g/mol. The van der Waals surface area contributed by atoms with Crippen molar-refractivity contribution in [3.8, 4) is 0 Å². The average Bonchev–Trinajstić information content (AvgIpc) is 2.63. The SMILES string of the molecule is CCCCCCCC/C=C/CCCCCCCC(=O)N(C)CCCS(=O)(=O)[O-].[Na+]. The van der Waals surface area contributed by atoms with Gasteiger partial charge >= 0.3 is 29.6 Å². The molecule has 0 aliphatic heterocycles. The smallest absolute Gasteiger partial charge is 0.748 e. The standard InChI is InChI=1S/C22H43NO4S.Na/c1-3-4-5-6-7-8-9-10-11-12-13-14-15-16-17-19-22(24)23(2)20-18-21-28(25,26)27;/h10-11H,3-9,12-21H2,1-2H3,(H,25,26,27);/q;+1/p-1/b11-10+;. The van der Waals surface area contributed by atoms with E-state index < -0.39 is 15.9 Å². The van der Waals surface area contributed by atoms with E-state index >= 15 is 0 Å². The molecule has 0 aliphatic carbocycles. The van der Waals surface area contributed by atoms with Crippen LogP contribution in [0.1, 0.15) is 103 Å². The zero-order valence-electron chi connectivity index (χ0n) is 19.2. The number of carbonyl (C=O) groups is 1. The average molecular weight is 440 g/mol. The van der Waals surface area contributed by atoms with Crippen LogP contribution in [0.15, 0.2) is 12.2 Å². The van der Waals surface area contributed by atoms with Gasteiger partial charge in [-0.2, -0.15) is 0 Å². The first kappa shape index (κ1) is 31.3. The number of amides is 1. The third kappa shape index (κ3) is 24.3. The van der Waals surface area contributed by atoms with Gasteiger partial charge in [0.05, 0.1) is 10.1 Å². The number of allylic oxidation sites excluding steroid dienone is 2. The molecule has 0 saturated heterocycles. The van der Waals surface area contributed by atoms with Gasteiger partial charge in [-0.3, -0.25) is 4.79 Å². The van der Waals surface area contributed by atoms with E-state index in [2.05, 4.69) is 19.1 Å². The fourth-order valence-corrected chi connectivity index (χ4v) is 3.62. The molecular weight excluding hydrogens is 397 g/mol. The van der Waals surface area contributed by atoms with E-state index in [0.717, 1.165) is 25.7 Å². The quantitative estimate of drug-likeness (QED) is 0.134. The Balaban J connectivity index is 0. The number of hydrogen-bond acceptors (Lipinski definition) is 4. The van der Waals surface area contributed by atoms with Crippen LogP contribution in [0.3, 0.4) is 0 Å². The molecule has 1 amide bonds. The molecule has 0 aromatic rings.